The fourth-order valence-corrected chi connectivity index (χ4v) is 3.87. The predicted molar refractivity (Wildman–Crippen MR) is 90.1 cm³/mol. The molecule has 1 aliphatic carbocycles. The average molecular weight is 398 g/mol. The van der Waals surface area contributed by atoms with Gasteiger partial charge in [-0.3, -0.25) is 9.59 Å². The van der Waals surface area contributed by atoms with Crippen molar-refractivity contribution in [3.05, 3.63) is 27.8 Å². The van der Waals surface area contributed by atoms with Crippen molar-refractivity contribution in [2.45, 2.75) is 44.1 Å². The van der Waals surface area contributed by atoms with Crippen LogP contribution in [0.2, 0.25) is 0 Å². The Labute approximate surface area is 138 Å². The third kappa shape index (κ3) is 2.93. The second-order valence-electron chi connectivity index (χ2n) is 5.88. The predicted octanol–water partition coefficient (Wildman–Crippen LogP) is 2.85. The van der Waals surface area contributed by atoms with Gasteiger partial charge >= 0.3 is 0 Å². The van der Waals surface area contributed by atoms with Gasteiger partial charge in [-0.25, -0.2) is 0 Å². The Morgan fingerprint density at radius 2 is 1.90 bits per heavy atom. The maximum absolute atomic E-state index is 13.1. The van der Waals surface area contributed by atoms with Crippen LogP contribution in [0.4, 0.5) is 5.69 Å². The second kappa shape index (κ2) is 5.94. The minimum absolute atomic E-state index is 0.00150. The summed E-state index contributed by atoms with van der Waals surface area (Å²) in [5.41, 5.74) is 0.223. The summed E-state index contributed by atoms with van der Waals surface area (Å²) in [6, 6.07) is 7.92. The summed E-state index contributed by atoms with van der Waals surface area (Å²) in [6.45, 7) is 0.465. The molecule has 5 heteroatoms. The molecule has 1 N–H and O–H groups in total. The molecule has 4 nitrogen and oxygen atoms in total. The largest absolute Gasteiger partial charge is 0.342 e. The highest BCUT2D eigenvalue weighted by Crippen LogP contribution is 2.33. The van der Waals surface area contributed by atoms with E-state index in [1.165, 1.54) is 0 Å². The molecule has 112 valence electrons. The van der Waals surface area contributed by atoms with Crippen molar-refractivity contribution in [3.8, 4) is 0 Å². The minimum Gasteiger partial charge on any atom is -0.342 e. The van der Waals surface area contributed by atoms with E-state index >= 15 is 0 Å². The van der Waals surface area contributed by atoms with Gasteiger partial charge in [0.05, 0.1) is 0 Å². The Hall–Kier alpha value is -1.11. The van der Waals surface area contributed by atoms with Gasteiger partial charge in [0.15, 0.2) is 0 Å². The Balaban J connectivity index is 1.96. The van der Waals surface area contributed by atoms with Crippen LogP contribution < -0.4 is 10.2 Å². The van der Waals surface area contributed by atoms with Gasteiger partial charge in [0, 0.05) is 22.2 Å². The number of halogens is 1. The molecule has 0 atom stereocenters. The number of rotatable bonds is 1. The summed E-state index contributed by atoms with van der Waals surface area (Å²) in [4.78, 5) is 26.9. The molecule has 2 amide bonds. The van der Waals surface area contributed by atoms with Gasteiger partial charge in [0.25, 0.3) is 5.91 Å². The Kier molecular flexibility index (Phi) is 4.19. The van der Waals surface area contributed by atoms with Gasteiger partial charge in [0.1, 0.15) is 5.54 Å². The Bertz CT molecular complexity index is 567. The number of hydrogen-bond donors (Lipinski definition) is 1. The van der Waals surface area contributed by atoms with Crippen molar-refractivity contribution < 1.29 is 9.59 Å². The van der Waals surface area contributed by atoms with Crippen LogP contribution in [0.1, 0.15) is 38.5 Å². The van der Waals surface area contributed by atoms with E-state index in [1.807, 2.05) is 24.3 Å². The average Bonchev–Trinajstić information content (AvgIpc) is 2.58. The van der Waals surface area contributed by atoms with E-state index in [-0.39, 0.29) is 11.8 Å². The highest BCUT2D eigenvalue weighted by atomic mass is 127. The molecule has 1 aromatic rings. The fourth-order valence-electron chi connectivity index (χ4n) is 3.34. The first-order chi connectivity index (χ1) is 10.1. The van der Waals surface area contributed by atoms with Gasteiger partial charge in [-0.05, 0) is 53.6 Å². The second-order valence-corrected chi connectivity index (χ2v) is 7.12. The molecule has 3 rings (SSSR count). The lowest BCUT2D eigenvalue weighted by atomic mass is 9.80. The number of nitrogens with zero attached hydrogens (tertiary/aromatic N) is 1. The first kappa shape index (κ1) is 14.8. The lowest BCUT2D eigenvalue weighted by Gasteiger charge is -2.38. The number of carbonyl (C=O) groups excluding carboxylic acids is 2. The van der Waals surface area contributed by atoms with E-state index in [2.05, 4.69) is 27.9 Å². The molecule has 0 radical (unpaired) electrons. The van der Waals surface area contributed by atoms with E-state index in [4.69, 9.17) is 0 Å². The van der Waals surface area contributed by atoms with E-state index < -0.39 is 5.54 Å². The van der Waals surface area contributed by atoms with Crippen LogP contribution in [-0.2, 0) is 9.59 Å². The molecule has 1 aromatic carbocycles. The van der Waals surface area contributed by atoms with Gasteiger partial charge < -0.3 is 10.2 Å². The Morgan fingerprint density at radius 1 is 1.14 bits per heavy atom. The summed E-state index contributed by atoms with van der Waals surface area (Å²) in [5.74, 6) is 0.0634. The monoisotopic (exact) mass is 398 g/mol. The summed E-state index contributed by atoms with van der Waals surface area (Å²) in [6.07, 6.45) is 5.06. The highest BCUT2D eigenvalue weighted by molar-refractivity contribution is 14.1. The molecule has 1 heterocycles. The molecule has 0 unspecified atom stereocenters. The molecule has 0 aromatic heterocycles. The zero-order valence-corrected chi connectivity index (χ0v) is 14.1. The molecule has 21 heavy (non-hydrogen) atoms. The highest BCUT2D eigenvalue weighted by Gasteiger charge is 2.45. The summed E-state index contributed by atoms with van der Waals surface area (Å²) >= 11 is 2.25. The van der Waals surface area contributed by atoms with Crippen LogP contribution in [0.3, 0.4) is 0 Å². The fraction of sp³-hybridized carbons (Fsp3) is 0.500. The van der Waals surface area contributed by atoms with Gasteiger partial charge in [-0.2, -0.15) is 0 Å². The quantitative estimate of drug-likeness (QED) is 0.740. The maximum atomic E-state index is 13.1. The lowest BCUT2D eigenvalue weighted by Crippen LogP contribution is -2.58. The van der Waals surface area contributed by atoms with Crippen LogP contribution >= 0.6 is 22.6 Å². The van der Waals surface area contributed by atoms with Crippen LogP contribution in [-0.4, -0.2) is 23.9 Å². The minimum atomic E-state index is -0.674. The number of nitrogens with one attached hydrogen (secondary N) is 1. The number of benzene rings is 1. The number of amides is 2. The maximum Gasteiger partial charge on any atom is 0.252 e. The molecule has 0 bridgehead atoms. The first-order valence-corrected chi connectivity index (χ1v) is 8.57. The standard InChI is InChI=1S/C16H19IN2O2/c17-12-5-4-6-13(11-12)19-10-7-14(20)18-16(15(19)21)8-2-1-3-9-16/h4-6,11H,1-3,7-10H2,(H,18,20). The molecule has 1 aliphatic heterocycles. The van der Waals surface area contributed by atoms with Gasteiger partial charge in [-0.15, -0.1) is 0 Å². The molecule has 2 aliphatic rings. The van der Waals surface area contributed by atoms with Crippen LogP contribution in [0.5, 0.6) is 0 Å². The number of hydrogen-bond acceptors (Lipinski definition) is 2. The van der Waals surface area contributed by atoms with Crippen molar-refractivity contribution in [1.29, 1.82) is 0 Å². The number of carbonyl (C=O) groups is 2. The number of anilines is 1. The normalized spacial score (nSPS) is 22.0. The van der Waals surface area contributed by atoms with E-state index in [1.54, 1.807) is 4.90 Å². The van der Waals surface area contributed by atoms with Crippen LogP contribution in [0.25, 0.3) is 0 Å². The summed E-state index contributed by atoms with van der Waals surface area (Å²) < 4.78 is 1.10. The van der Waals surface area contributed by atoms with Crippen molar-refractivity contribution in [1.82, 2.24) is 5.32 Å². The summed E-state index contributed by atoms with van der Waals surface area (Å²) in [5, 5.41) is 3.03. The molecule has 1 spiro atoms. The summed E-state index contributed by atoms with van der Waals surface area (Å²) in [7, 11) is 0. The van der Waals surface area contributed by atoms with Crippen molar-refractivity contribution in [2.24, 2.45) is 0 Å². The Morgan fingerprint density at radius 3 is 2.62 bits per heavy atom. The first-order valence-electron chi connectivity index (χ1n) is 7.49. The molecule has 2 fully saturated rings. The van der Waals surface area contributed by atoms with Crippen LogP contribution in [0, 0.1) is 3.57 Å². The third-order valence-corrected chi connectivity index (χ3v) is 5.09. The molecular weight excluding hydrogens is 379 g/mol. The van der Waals surface area contributed by atoms with Crippen LogP contribution in [0.15, 0.2) is 24.3 Å². The SMILES string of the molecule is O=C1CCN(c2cccc(I)c2)C(=O)C2(CCCCC2)N1. The van der Waals surface area contributed by atoms with Crippen molar-refractivity contribution in [3.63, 3.8) is 0 Å². The molecule has 1 saturated carbocycles. The van der Waals surface area contributed by atoms with Gasteiger partial charge in [0.2, 0.25) is 5.91 Å². The van der Waals surface area contributed by atoms with Crippen molar-refractivity contribution in [2.75, 3.05) is 11.4 Å². The van der Waals surface area contributed by atoms with E-state index in [9.17, 15) is 9.59 Å². The van der Waals surface area contributed by atoms with E-state index in [0.717, 1.165) is 41.4 Å². The van der Waals surface area contributed by atoms with Gasteiger partial charge in [-0.1, -0.05) is 25.3 Å². The van der Waals surface area contributed by atoms with E-state index in [0.29, 0.717) is 13.0 Å². The van der Waals surface area contributed by atoms with Crippen molar-refractivity contribution >= 4 is 40.1 Å². The smallest absolute Gasteiger partial charge is 0.252 e. The third-order valence-electron chi connectivity index (χ3n) is 4.42. The zero-order chi connectivity index (χ0) is 14.9. The topological polar surface area (TPSA) is 49.4 Å². The molecular formula is C16H19IN2O2. The lowest BCUT2D eigenvalue weighted by molar-refractivity contribution is -0.131. The molecule has 1 saturated heterocycles. The zero-order valence-electron chi connectivity index (χ0n) is 11.9.